The number of amides is 1. The number of carbonyl (C=O) groups is 1. The number of carbonyl (C=O) groups excluding carboxylic acids is 1. The zero-order valence-electron chi connectivity index (χ0n) is 15.2. The van der Waals surface area contributed by atoms with Crippen LogP contribution in [0, 0.1) is 12.7 Å². The van der Waals surface area contributed by atoms with Crippen LogP contribution in [-0.2, 0) is 0 Å². The van der Waals surface area contributed by atoms with Gasteiger partial charge in [-0.3, -0.25) is 19.9 Å². The predicted octanol–water partition coefficient (Wildman–Crippen LogP) is 3.45. The fraction of sp³-hybridized carbons (Fsp3) is 0.0500. The first-order chi connectivity index (χ1) is 14.0. The number of halogens is 1. The summed E-state index contributed by atoms with van der Waals surface area (Å²) in [5.74, 6) is -1.23. The Morgan fingerprint density at radius 1 is 1.21 bits per heavy atom. The van der Waals surface area contributed by atoms with Gasteiger partial charge in [-0.15, -0.1) is 11.3 Å². The number of anilines is 1. The molecule has 1 N–H and O–H groups in total. The van der Waals surface area contributed by atoms with Crippen molar-refractivity contribution in [2.75, 3.05) is 5.32 Å². The zero-order chi connectivity index (χ0) is 20.4. The van der Waals surface area contributed by atoms with Crippen LogP contribution < -0.4 is 10.7 Å². The first kappa shape index (κ1) is 18.6. The molecule has 0 fully saturated rings. The maximum Gasteiger partial charge on any atom is 0.281 e. The summed E-state index contributed by atoms with van der Waals surface area (Å²) in [6, 6.07) is 10.9. The van der Waals surface area contributed by atoms with Crippen molar-refractivity contribution in [3.8, 4) is 16.9 Å². The van der Waals surface area contributed by atoms with Gasteiger partial charge in [0.1, 0.15) is 11.5 Å². The van der Waals surface area contributed by atoms with Crippen molar-refractivity contribution in [1.29, 1.82) is 0 Å². The van der Waals surface area contributed by atoms with Crippen LogP contribution in [0.15, 0.2) is 65.0 Å². The van der Waals surface area contributed by atoms with E-state index in [1.807, 2.05) is 6.07 Å². The summed E-state index contributed by atoms with van der Waals surface area (Å²) >= 11 is 1.21. The van der Waals surface area contributed by atoms with E-state index in [4.69, 9.17) is 0 Å². The molecule has 0 aliphatic carbocycles. The Kier molecular flexibility index (Phi) is 4.96. The number of nitrogens with one attached hydrogen (secondary N) is 1. The number of thiazole rings is 1. The molecule has 9 heteroatoms. The number of para-hydroxylation sites is 1. The van der Waals surface area contributed by atoms with Crippen molar-refractivity contribution in [1.82, 2.24) is 19.7 Å². The molecule has 0 aliphatic rings. The topological polar surface area (TPSA) is 89.8 Å². The van der Waals surface area contributed by atoms with E-state index in [9.17, 15) is 14.0 Å². The molecule has 4 aromatic rings. The third-order valence-electron chi connectivity index (χ3n) is 4.09. The molecule has 1 amide bonds. The summed E-state index contributed by atoms with van der Waals surface area (Å²) in [5.41, 5.74) is 1.10. The lowest BCUT2D eigenvalue weighted by Crippen LogP contribution is -2.27. The quantitative estimate of drug-likeness (QED) is 0.560. The third kappa shape index (κ3) is 3.81. The van der Waals surface area contributed by atoms with Crippen LogP contribution in [-0.4, -0.2) is 25.7 Å². The molecule has 0 atom stereocenters. The average Bonchev–Trinajstić information content (AvgIpc) is 3.18. The van der Waals surface area contributed by atoms with Crippen molar-refractivity contribution in [3.05, 3.63) is 87.7 Å². The summed E-state index contributed by atoms with van der Waals surface area (Å²) in [6.45, 7) is 1.61. The molecule has 0 bridgehead atoms. The molecular weight excluding hydrogens is 393 g/mol. The summed E-state index contributed by atoms with van der Waals surface area (Å²) < 4.78 is 15.4. The van der Waals surface area contributed by atoms with E-state index in [0.717, 1.165) is 5.56 Å². The lowest BCUT2D eigenvalue weighted by molar-refractivity contribution is 0.101. The molecule has 3 aromatic heterocycles. The molecule has 0 saturated heterocycles. The van der Waals surface area contributed by atoms with Crippen molar-refractivity contribution >= 4 is 22.4 Å². The maximum atomic E-state index is 14.1. The second-order valence-corrected chi connectivity index (χ2v) is 6.95. The minimum atomic E-state index is -0.716. The normalized spacial score (nSPS) is 10.7. The highest BCUT2D eigenvalue weighted by Gasteiger charge is 2.18. The molecule has 7 nitrogen and oxygen atoms in total. The number of pyridine rings is 1. The van der Waals surface area contributed by atoms with Gasteiger partial charge < -0.3 is 0 Å². The van der Waals surface area contributed by atoms with Crippen LogP contribution in [0.25, 0.3) is 16.9 Å². The Labute approximate surface area is 168 Å². The van der Waals surface area contributed by atoms with Crippen LogP contribution in [0.3, 0.4) is 0 Å². The highest BCUT2D eigenvalue weighted by atomic mass is 32.1. The van der Waals surface area contributed by atoms with E-state index < -0.39 is 17.2 Å². The summed E-state index contributed by atoms with van der Waals surface area (Å²) in [5, 5.41) is 8.75. The first-order valence-corrected chi connectivity index (χ1v) is 9.44. The molecular formula is C20H14FN5O2S. The molecule has 144 valence electrons. The Hall–Kier alpha value is -3.72. The lowest BCUT2D eigenvalue weighted by atomic mass is 10.2. The standard InChI is InChI=1S/C20H14FN5O2S/c1-12-9-17(27)18(25-26(12)16-7-3-2-6-14(16)21)19(28)24-20-23-15(11-29-20)13-5-4-8-22-10-13/h2-11H,1H3,(H,23,24,28). The van der Waals surface area contributed by atoms with Crippen LogP contribution in [0.4, 0.5) is 9.52 Å². The molecule has 3 heterocycles. The average molecular weight is 407 g/mol. The molecule has 0 saturated carbocycles. The van der Waals surface area contributed by atoms with Gasteiger partial charge in [0, 0.05) is 35.1 Å². The number of nitrogens with zero attached hydrogens (tertiary/aromatic N) is 4. The second kappa shape index (κ2) is 7.72. The first-order valence-electron chi connectivity index (χ1n) is 8.56. The van der Waals surface area contributed by atoms with Gasteiger partial charge in [-0.25, -0.2) is 14.1 Å². The molecule has 0 radical (unpaired) electrons. The van der Waals surface area contributed by atoms with Gasteiger partial charge in [0.15, 0.2) is 10.8 Å². The summed E-state index contributed by atoms with van der Waals surface area (Å²) in [7, 11) is 0. The van der Waals surface area contributed by atoms with E-state index in [0.29, 0.717) is 16.5 Å². The SMILES string of the molecule is Cc1cc(=O)c(C(=O)Nc2nc(-c3cccnc3)cs2)nn1-c1ccccc1F. The van der Waals surface area contributed by atoms with E-state index in [1.54, 1.807) is 42.9 Å². The largest absolute Gasteiger partial charge is 0.296 e. The number of aryl methyl sites for hydroxylation is 1. The van der Waals surface area contributed by atoms with Crippen LogP contribution in [0.5, 0.6) is 0 Å². The predicted molar refractivity (Wildman–Crippen MR) is 108 cm³/mol. The number of hydrogen-bond donors (Lipinski definition) is 1. The fourth-order valence-electron chi connectivity index (χ4n) is 2.71. The smallest absolute Gasteiger partial charge is 0.281 e. The molecule has 0 spiro atoms. The highest BCUT2D eigenvalue weighted by molar-refractivity contribution is 7.14. The Morgan fingerprint density at radius 2 is 2.03 bits per heavy atom. The molecule has 1 aromatic carbocycles. The van der Waals surface area contributed by atoms with Crippen LogP contribution in [0.2, 0.25) is 0 Å². The number of benzene rings is 1. The lowest BCUT2D eigenvalue weighted by Gasteiger charge is -2.11. The number of hydrogen-bond acceptors (Lipinski definition) is 6. The second-order valence-electron chi connectivity index (χ2n) is 6.10. The number of rotatable bonds is 4. The molecule has 0 unspecified atom stereocenters. The van der Waals surface area contributed by atoms with Gasteiger partial charge in [0.2, 0.25) is 5.43 Å². The Balaban J connectivity index is 1.64. The maximum absolute atomic E-state index is 14.1. The van der Waals surface area contributed by atoms with Crippen LogP contribution >= 0.6 is 11.3 Å². The van der Waals surface area contributed by atoms with Crippen molar-refractivity contribution in [2.24, 2.45) is 0 Å². The van der Waals surface area contributed by atoms with Gasteiger partial charge in [0.25, 0.3) is 5.91 Å². The molecule has 4 rings (SSSR count). The van der Waals surface area contributed by atoms with Gasteiger partial charge in [-0.1, -0.05) is 12.1 Å². The van der Waals surface area contributed by atoms with E-state index in [2.05, 4.69) is 20.4 Å². The minimum absolute atomic E-state index is 0.146. The fourth-order valence-corrected chi connectivity index (χ4v) is 3.42. The van der Waals surface area contributed by atoms with E-state index in [-0.39, 0.29) is 11.4 Å². The highest BCUT2D eigenvalue weighted by Crippen LogP contribution is 2.24. The minimum Gasteiger partial charge on any atom is -0.296 e. The molecule has 29 heavy (non-hydrogen) atoms. The van der Waals surface area contributed by atoms with E-state index >= 15 is 0 Å². The van der Waals surface area contributed by atoms with Crippen molar-refractivity contribution in [2.45, 2.75) is 6.92 Å². The van der Waals surface area contributed by atoms with Crippen molar-refractivity contribution in [3.63, 3.8) is 0 Å². The summed E-state index contributed by atoms with van der Waals surface area (Å²) in [6.07, 6.45) is 3.32. The number of aromatic nitrogens is 4. The third-order valence-corrected chi connectivity index (χ3v) is 4.84. The Bertz CT molecular complexity index is 1250. The van der Waals surface area contributed by atoms with Crippen LogP contribution in [0.1, 0.15) is 16.2 Å². The van der Waals surface area contributed by atoms with E-state index in [1.165, 1.54) is 34.2 Å². The molecule has 0 aliphatic heterocycles. The van der Waals surface area contributed by atoms with Gasteiger partial charge in [-0.2, -0.15) is 5.10 Å². The Morgan fingerprint density at radius 3 is 2.79 bits per heavy atom. The van der Waals surface area contributed by atoms with Gasteiger partial charge >= 0.3 is 0 Å². The van der Waals surface area contributed by atoms with Gasteiger partial charge in [0.05, 0.1) is 5.69 Å². The zero-order valence-corrected chi connectivity index (χ0v) is 16.0. The monoisotopic (exact) mass is 407 g/mol. The van der Waals surface area contributed by atoms with Gasteiger partial charge in [-0.05, 0) is 31.2 Å². The summed E-state index contributed by atoms with van der Waals surface area (Å²) in [4.78, 5) is 33.3. The van der Waals surface area contributed by atoms with Crippen molar-refractivity contribution < 1.29 is 9.18 Å².